The Morgan fingerprint density at radius 2 is 1.34 bits per heavy atom. The van der Waals surface area contributed by atoms with E-state index < -0.39 is 10.0 Å². The molecule has 1 saturated heterocycles. The first-order chi connectivity index (χ1) is 16.9. The highest BCUT2D eigenvalue weighted by atomic mass is 32.2. The third kappa shape index (κ3) is 6.44. The zero-order valence-corrected chi connectivity index (χ0v) is 19.9. The first-order valence-corrected chi connectivity index (χ1v) is 12.8. The van der Waals surface area contributed by atoms with Crippen molar-refractivity contribution in [2.24, 2.45) is 0 Å². The average molecular weight is 491 g/mol. The van der Waals surface area contributed by atoms with Gasteiger partial charge >= 0.3 is 0 Å². The van der Waals surface area contributed by atoms with E-state index in [4.69, 9.17) is 4.74 Å². The Morgan fingerprint density at radius 3 is 1.97 bits per heavy atom. The zero-order valence-electron chi connectivity index (χ0n) is 19.1. The fraction of sp³-hybridized carbons (Fsp3) is 0.185. The Kier molecular flexibility index (Phi) is 7.74. The van der Waals surface area contributed by atoms with Crippen LogP contribution in [-0.4, -0.2) is 62.1 Å². The number of rotatable bonds is 8. The maximum absolute atomic E-state index is 12.6. The summed E-state index contributed by atoms with van der Waals surface area (Å²) in [5.41, 5.74) is 1.95. The van der Waals surface area contributed by atoms with E-state index in [9.17, 15) is 18.0 Å². The van der Waals surface area contributed by atoms with Crippen LogP contribution in [-0.2, 0) is 14.8 Å². The van der Waals surface area contributed by atoms with Crippen LogP contribution in [0.15, 0.2) is 90.3 Å². The summed E-state index contributed by atoms with van der Waals surface area (Å²) in [6, 6.07) is 24.9. The summed E-state index contributed by atoms with van der Waals surface area (Å²) >= 11 is 0. The number of piperazine rings is 1. The molecule has 1 fully saturated rings. The Labute approximate surface area is 205 Å². The first kappa shape index (κ1) is 24.4. The number of carbonyl (C=O) groups excluding carboxylic acids is 2. The van der Waals surface area contributed by atoms with Gasteiger partial charge in [0.15, 0.2) is 12.4 Å². The van der Waals surface area contributed by atoms with Crippen LogP contribution in [0.3, 0.4) is 0 Å². The predicted molar refractivity (Wildman–Crippen MR) is 134 cm³/mol. The average Bonchev–Trinajstić information content (AvgIpc) is 2.91. The minimum Gasteiger partial charge on any atom is -0.484 e. The van der Waals surface area contributed by atoms with Crippen LogP contribution in [0.2, 0.25) is 0 Å². The second kappa shape index (κ2) is 11.1. The lowest BCUT2D eigenvalue weighted by Gasteiger charge is -2.33. The van der Waals surface area contributed by atoms with E-state index in [0.29, 0.717) is 30.0 Å². The minimum absolute atomic E-state index is 0.0836. The molecule has 0 N–H and O–H groups in total. The summed E-state index contributed by atoms with van der Waals surface area (Å²) < 4.78 is 32.2. The summed E-state index contributed by atoms with van der Waals surface area (Å²) in [6.07, 6.45) is 1.57. The molecule has 0 spiro atoms. The van der Waals surface area contributed by atoms with Crippen molar-refractivity contribution in [1.29, 1.82) is 0 Å². The smallest absolute Gasteiger partial charge is 0.260 e. The molecule has 1 heterocycles. The summed E-state index contributed by atoms with van der Waals surface area (Å²) in [5, 5.41) is 1.20. The van der Waals surface area contributed by atoms with E-state index in [1.807, 2.05) is 48.5 Å². The van der Waals surface area contributed by atoms with Gasteiger partial charge in [-0.15, -0.1) is 0 Å². The third-order valence-corrected chi connectivity index (χ3v) is 7.26. The van der Waals surface area contributed by atoms with E-state index >= 15 is 0 Å². The molecule has 0 saturated carbocycles. The van der Waals surface area contributed by atoms with Crippen LogP contribution in [0.4, 0.5) is 0 Å². The van der Waals surface area contributed by atoms with Crippen molar-refractivity contribution in [3.63, 3.8) is 0 Å². The number of benzene rings is 3. The highest BCUT2D eigenvalue weighted by Gasteiger charge is 2.27. The number of sulfonamides is 1. The minimum atomic E-state index is -3.56. The molecule has 3 aromatic rings. The molecule has 0 bridgehead atoms. The van der Waals surface area contributed by atoms with Crippen molar-refractivity contribution in [1.82, 2.24) is 9.21 Å². The molecule has 3 aromatic carbocycles. The van der Waals surface area contributed by atoms with Gasteiger partial charge in [-0.2, -0.15) is 4.31 Å². The number of ketones is 1. The van der Waals surface area contributed by atoms with Gasteiger partial charge < -0.3 is 9.64 Å². The van der Waals surface area contributed by atoms with E-state index in [-0.39, 0.29) is 31.4 Å². The van der Waals surface area contributed by atoms with Crippen molar-refractivity contribution < 1.29 is 22.7 Å². The second-order valence-corrected chi connectivity index (χ2v) is 9.86. The lowest BCUT2D eigenvalue weighted by molar-refractivity contribution is -0.134. The molecule has 1 aliphatic rings. The largest absolute Gasteiger partial charge is 0.484 e. The van der Waals surface area contributed by atoms with E-state index in [1.165, 1.54) is 9.71 Å². The lowest BCUT2D eigenvalue weighted by Crippen LogP contribution is -2.51. The zero-order chi connectivity index (χ0) is 24.7. The van der Waals surface area contributed by atoms with E-state index in [2.05, 4.69) is 0 Å². The van der Waals surface area contributed by atoms with Gasteiger partial charge in [-0.1, -0.05) is 60.7 Å². The Bertz CT molecular complexity index is 1280. The van der Waals surface area contributed by atoms with Gasteiger partial charge in [0.25, 0.3) is 5.91 Å². The molecule has 7 nitrogen and oxygen atoms in total. The van der Waals surface area contributed by atoms with Crippen LogP contribution >= 0.6 is 0 Å². The number of carbonyl (C=O) groups is 2. The summed E-state index contributed by atoms with van der Waals surface area (Å²) in [7, 11) is -3.56. The first-order valence-electron chi connectivity index (χ1n) is 11.3. The molecule has 35 heavy (non-hydrogen) atoms. The van der Waals surface area contributed by atoms with Crippen molar-refractivity contribution in [2.75, 3.05) is 32.8 Å². The molecule has 0 unspecified atom stereocenters. The van der Waals surface area contributed by atoms with Gasteiger partial charge in [-0.25, -0.2) is 8.42 Å². The van der Waals surface area contributed by atoms with Gasteiger partial charge in [0, 0.05) is 42.7 Å². The van der Waals surface area contributed by atoms with Gasteiger partial charge in [0.1, 0.15) is 5.75 Å². The molecule has 180 valence electrons. The van der Waals surface area contributed by atoms with Crippen LogP contribution in [0, 0.1) is 0 Å². The Hall–Kier alpha value is -3.75. The maximum atomic E-state index is 12.6. The van der Waals surface area contributed by atoms with Crippen LogP contribution in [0.5, 0.6) is 5.75 Å². The summed E-state index contributed by atoms with van der Waals surface area (Å²) in [6.45, 7) is 0.885. The number of nitrogens with zero attached hydrogens (tertiary/aromatic N) is 2. The standard InChI is InChI=1S/C27H26N2O5S/c30-26(21-34-25-13-11-24(12-14-25)27(31)23-9-5-2-6-10-23)28-16-18-29(19-17-28)35(32,33)20-15-22-7-3-1-4-8-22/h1-15,20H,16-19,21H2/b20-15+. The maximum Gasteiger partial charge on any atom is 0.260 e. The quantitative estimate of drug-likeness (QED) is 0.452. The SMILES string of the molecule is O=C(c1ccccc1)c1ccc(OCC(=O)N2CCN(S(=O)(=O)/C=C/c3ccccc3)CC2)cc1. The van der Waals surface area contributed by atoms with Gasteiger partial charge in [0.05, 0.1) is 0 Å². The van der Waals surface area contributed by atoms with Crippen LogP contribution in [0.1, 0.15) is 21.5 Å². The molecule has 0 atom stereocenters. The van der Waals surface area contributed by atoms with E-state index in [0.717, 1.165) is 5.56 Å². The highest BCUT2D eigenvalue weighted by molar-refractivity contribution is 7.92. The molecular formula is C27H26N2O5S. The molecule has 1 aliphatic heterocycles. The van der Waals surface area contributed by atoms with Crippen molar-refractivity contribution in [3.05, 3.63) is 107 Å². The highest BCUT2D eigenvalue weighted by Crippen LogP contribution is 2.16. The van der Waals surface area contributed by atoms with E-state index in [1.54, 1.807) is 47.4 Å². The second-order valence-electron chi connectivity index (χ2n) is 8.05. The van der Waals surface area contributed by atoms with Gasteiger partial charge in [-0.05, 0) is 35.9 Å². The normalized spacial score (nSPS) is 14.7. The molecule has 0 aromatic heterocycles. The fourth-order valence-electron chi connectivity index (χ4n) is 3.70. The molecule has 1 amide bonds. The molecule has 0 aliphatic carbocycles. The Morgan fingerprint density at radius 1 is 0.771 bits per heavy atom. The van der Waals surface area contributed by atoms with Gasteiger partial charge in [-0.3, -0.25) is 9.59 Å². The molecule has 8 heteroatoms. The number of amides is 1. The summed E-state index contributed by atoms with van der Waals surface area (Å²) in [5.74, 6) is 0.182. The van der Waals surface area contributed by atoms with Crippen molar-refractivity contribution in [3.8, 4) is 5.75 Å². The van der Waals surface area contributed by atoms with Crippen molar-refractivity contribution >= 4 is 27.8 Å². The molecular weight excluding hydrogens is 464 g/mol. The monoisotopic (exact) mass is 490 g/mol. The van der Waals surface area contributed by atoms with Crippen LogP contribution in [0.25, 0.3) is 6.08 Å². The van der Waals surface area contributed by atoms with Crippen LogP contribution < -0.4 is 4.74 Å². The molecule has 0 radical (unpaired) electrons. The van der Waals surface area contributed by atoms with Crippen molar-refractivity contribution in [2.45, 2.75) is 0 Å². The number of ether oxygens (including phenoxy) is 1. The Balaban J connectivity index is 1.25. The number of hydrogen-bond donors (Lipinski definition) is 0. The number of hydrogen-bond acceptors (Lipinski definition) is 5. The summed E-state index contributed by atoms with van der Waals surface area (Å²) in [4.78, 5) is 26.6. The third-order valence-electron chi connectivity index (χ3n) is 5.70. The fourth-order valence-corrected chi connectivity index (χ4v) is 4.88. The predicted octanol–water partition coefficient (Wildman–Crippen LogP) is 3.44. The topological polar surface area (TPSA) is 84.0 Å². The molecule has 4 rings (SSSR count). The lowest BCUT2D eigenvalue weighted by atomic mass is 10.0. The van der Waals surface area contributed by atoms with Gasteiger partial charge in [0.2, 0.25) is 10.0 Å².